The van der Waals surface area contributed by atoms with Gasteiger partial charge >= 0.3 is 5.97 Å². The van der Waals surface area contributed by atoms with Gasteiger partial charge in [-0.2, -0.15) is 0 Å². The van der Waals surface area contributed by atoms with E-state index in [1.807, 2.05) is 54.9 Å². The van der Waals surface area contributed by atoms with Crippen molar-refractivity contribution in [3.8, 4) is 11.4 Å². The van der Waals surface area contributed by atoms with Crippen molar-refractivity contribution < 1.29 is 14.3 Å². The first-order chi connectivity index (χ1) is 17.9. The van der Waals surface area contributed by atoms with Crippen molar-refractivity contribution >= 4 is 40.3 Å². The molecule has 3 aromatic rings. The van der Waals surface area contributed by atoms with Gasteiger partial charge in [0, 0.05) is 30.5 Å². The highest BCUT2D eigenvalue weighted by Crippen LogP contribution is 2.32. The minimum Gasteiger partial charge on any atom is -0.463 e. The summed E-state index contributed by atoms with van der Waals surface area (Å²) in [6.45, 7) is 6.04. The second-order valence-electron chi connectivity index (χ2n) is 9.85. The Labute approximate surface area is 221 Å². The minimum atomic E-state index is -0.620. The number of ether oxygens (including phenoxy) is 2. The summed E-state index contributed by atoms with van der Waals surface area (Å²) >= 11 is 5.36. The zero-order valence-electron chi connectivity index (χ0n) is 21.1. The number of fused-ring (bicyclic) bond motifs is 3. The average Bonchev–Trinajstić information content (AvgIpc) is 3.51. The zero-order valence-corrected chi connectivity index (χ0v) is 21.9. The molecule has 1 aromatic carbocycles. The fourth-order valence-corrected chi connectivity index (χ4v) is 4.84. The van der Waals surface area contributed by atoms with Crippen molar-refractivity contribution in [2.24, 2.45) is 11.7 Å². The van der Waals surface area contributed by atoms with Crippen LogP contribution in [0.2, 0.25) is 0 Å². The third-order valence-corrected chi connectivity index (χ3v) is 6.98. The van der Waals surface area contributed by atoms with Gasteiger partial charge in [0.15, 0.2) is 16.8 Å². The van der Waals surface area contributed by atoms with Crippen molar-refractivity contribution in [2.75, 3.05) is 36.5 Å². The Balaban J connectivity index is 1.20. The molecule has 196 valence electrons. The van der Waals surface area contributed by atoms with Gasteiger partial charge in [0.2, 0.25) is 0 Å². The number of thiocarbonyl (C=S) groups is 1. The summed E-state index contributed by atoms with van der Waals surface area (Å²) in [6, 6.07) is 11.2. The highest BCUT2D eigenvalue weighted by Gasteiger charge is 2.35. The van der Waals surface area contributed by atoms with Gasteiger partial charge in [0.25, 0.3) is 0 Å². The molecule has 3 atom stereocenters. The monoisotopic (exact) mass is 523 g/mol. The number of nitrogens with one attached hydrogen (secondary N) is 2. The number of nitrogens with two attached hydrogens (primary N) is 1. The molecule has 2 saturated heterocycles. The van der Waals surface area contributed by atoms with Crippen LogP contribution < -0.4 is 21.3 Å². The molecule has 2 aliphatic heterocycles. The van der Waals surface area contributed by atoms with Crippen LogP contribution in [-0.2, 0) is 14.3 Å². The number of anilines is 2. The summed E-state index contributed by atoms with van der Waals surface area (Å²) in [7, 11) is 0. The van der Waals surface area contributed by atoms with Crippen molar-refractivity contribution in [1.29, 1.82) is 0 Å². The van der Waals surface area contributed by atoms with E-state index in [9.17, 15) is 4.79 Å². The van der Waals surface area contributed by atoms with Crippen LogP contribution in [0, 0.1) is 5.92 Å². The first kappa shape index (κ1) is 25.4. The smallest absolute Gasteiger partial charge is 0.323 e. The molecule has 0 unspecified atom stereocenters. The van der Waals surface area contributed by atoms with E-state index in [1.165, 1.54) is 0 Å². The predicted molar refractivity (Wildman–Crippen MR) is 147 cm³/mol. The molecule has 2 bridgehead atoms. The van der Waals surface area contributed by atoms with Crippen molar-refractivity contribution in [1.82, 2.24) is 19.9 Å². The van der Waals surface area contributed by atoms with Crippen molar-refractivity contribution in [3.05, 3.63) is 42.6 Å². The van der Waals surface area contributed by atoms with E-state index in [0.29, 0.717) is 17.5 Å². The van der Waals surface area contributed by atoms with Crippen LogP contribution in [0.4, 0.5) is 11.5 Å². The molecule has 0 spiro atoms. The summed E-state index contributed by atoms with van der Waals surface area (Å²) in [5.74, 6) is 1.22. The number of benzene rings is 1. The average molecular weight is 524 g/mol. The fourth-order valence-electron chi connectivity index (χ4n) is 4.62. The van der Waals surface area contributed by atoms with E-state index in [1.54, 1.807) is 0 Å². The fraction of sp³-hybridized carbons (Fsp3) is 0.462. The maximum Gasteiger partial charge on any atom is 0.323 e. The molecule has 11 heteroatoms. The lowest BCUT2D eigenvalue weighted by Crippen LogP contribution is -2.43. The molecule has 4 N–H and O–H groups in total. The van der Waals surface area contributed by atoms with Crippen molar-refractivity contribution in [2.45, 2.75) is 44.9 Å². The second-order valence-corrected chi connectivity index (χ2v) is 10.3. The Morgan fingerprint density at radius 3 is 2.65 bits per heavy atom. The van der Waals surface area contributed by atoms with E-state index in [0.717, 1.165) is 48.5 Å². The number of hydrogen-bond acceptors (Lipinski definition) is 8. The molecule has 37 heavy (non-hydrogen) atoms. The Morgan fingerprint density at radius 2 is 1.95 bits per heavy atom. The standard InChI is InChI=1S/C26H33N7O3S/c1-16(2)22(27)25(34)35-13-11-28-26(37)29-18-7-5-17(6-8-18)23-30-24(21-4-3-12-33(21)31-23)32-14-19-9-10-20(15-32)36-19/h3-8,12,16,19-20,22H,9-11,13-15,27H2,1-2H3,(H2,28,29,37)/t19-,20+,22-/m0/s1. The number of nitrogens with zero attached hydrogens (tertiary/aromatic N) is 4. The molecule has 10 nitrogen and oxygen atoms in total. The quantitative estimate of drug-likeness (QED) is 0.231. The van der Waals surface area contributed by atoms with Crippen LogP contribution in [-0.4, -0.2) is 70.2 Å². The summed E-state index contributed by atoms with van der Waals surface area (Å²) in [5, 5.41) is 11.3. The van der Waals surface area contributed by atoms with Crippen molar-refractivity contribution in [3.63, 3.8) is 0 Å². The lowest BCUT2D eigenvalue weighted by molar-refractivity contribution is -0.146. The normalized spacial score (nSPS) is 19.7. The van der Waals surface area contributed by atoms with Crippen LogP contribution in [0.5, 0.6) is 0 Å². The molecule has 4 heterocycles. The summed E-state index contributed by atoms with van der Waals surface area (Å²) in [6.07, 6.45) is 4.73. The maximum absolute atomic E-state index is 11.8. The summed E-state index contributed by atoms with van der Waals surface area (Å²) in [4.78, 5) is 19.1. The number of morpholine rings is 1. The summed E-state index contributed by atoms with van der Waals surface area (Å²) < 4.78 is 13.1. The lowest BCUT2D eigenvalue weighted by atomic mass is 10.1. The number of hydrogen-bond donors (Lipinski definition) is 3. The summed E-state index contributed by atoms with van der Waals surface area (Å²) in [5.41, 5.74) is 8.52. The van der Waals surface area contributed by atoms with Gasteiger partial charge in [0.05, 0.1) is 18.8 Å². The first-order valence-electron chi connectivity index (χ1n) is 12.7. The maximum atomic E-state index is 11.8. The van der Waals surface area contributed by atoms with Gasteiger partial charge < -0.3 is 30.7 Å². The molecule has 2 aliphatic rings. The topological polar surface area (TPSA) is 119 Å². The minimum absolute atomic E-state index is 0.0304. The number of carbonyl (C=O) groups is 1. The molecule has 0 saturated carbocycles. The van der Waals surface area contributed by atoms with Gasteiger partial charge in [-0.25, -0.2) is 9.50 Å². The van der Waals surface area contributed by atoms with Crippen LogP contribution in [0.15, 0.2) is 42.6 Å². The second kappa shape index (κ2) is 11.0. The first-order valence-corrected chi connectivity index (χ1v) is 13.1. The van der Waals surface area contributed by atoms with Crippen LogP contribution in [0.25, 0.3) is 16.9 Å². The Kier molecular flexibility index (Phi) is 7.54. The number of esters is 1. The highest BCUT2D eigenvalue weighted by atomic mass is 32.1. The third-order valence-electron chi connectivity index (χ3n) is 6.74. The molecule has 2 aromatic heterocycles. The SMILES string of the molecule is CC(C)[C@H](N)C(=O)OCCNC(=S)Nc1ccc(-c2nc(N3C[C@H]4CC[C@@H](C3)O4)c3cccn3n2)cc1. The molecule has 5 rings (SSSR count). The largest absolute Gasteiger partial charge is 0.463 e. The van der Waals surface area contributed by atoms with E-state index in [-0.39, 0.29) is 24.7 Å². The number of rotatable bonds is 8. The van der Waals surface area contributed by atoms with Gasteiger partial charge in [0.1, 0.15) is 18.2 Å². The van der Waals surface area contributed by atoms with E-state index >= 15 is 0 Å². The predicted octanol–water partition coefficient (Wildman–Crippen LogP) is 2.58. The third kappa shape index (κ3) is 5.84. The Bertz CT molecular complexity index is 1250. The molecule has 0 radical (unpaired) electrons. The Hall–Kier alpha value is -3.28. The lowest BCUT2D eigenvalue weighted by Gasteiger charge is -2.33. The van der Waals surface area contributed by atoms with Crippen LogP contribution in [0.1, 0.15) is 26.7 Å². The molecular weight excluding hydrogens is 490 g/mol. The van der Waals surface area contributed by atoms with Gasteiger partial charge in [-0.15, -0.1) is 5.10 Å². The zero-order chi connectivity index (χ0) is 25.9. The highest BCUT2D eigenvalue weighted by molar-refractivity contribution is 7.80. The molecule has 2 fully saturated rings. The van der Waals surface area contributed by atoms with Gasteiger partial charge in [-0.1, -0.05) is 13.8 Å². The van der Waals surface area contributed by atoms with E-state index in [4.69, 9.17) is 37.5 Å². The molecule has 0 aliphatic carbocycles. The molecule has 0 amide bonds. The molecular formula is C26H33N7O3S. The van der Waals surface area contributed by atoms with E-state index < -0.39 is 12.0 Å². The Morgan fingerprint density at radius 1 is 1.22 bits per heavy atom. The van der Waals surface area contributed by atoms with Crippen LogP contribution >= 0.6 is 12.2 Å². The van der Waals surface area contributed by atoms with E-state index in [2.05, 4.69) is 21.6 Å². The number of carbonyl (C=O) groups excluding carboxylic acids is 1. The van der Waals surface area contributed by atoms with Gasteiger partial charge in [-0.3, -0.25) is 4.79 Å². The van der Waals surface area contributed by atoms with Crippen LogP contribution in [0.3, 0.4) is 0 Å². The van der Waals surface area contributed by atoms with Gasteiger partial charge in [-0.05, 0) is 67.4 Å². The number of aromatic nitrogens is 3.